The molecule has 102 valence electrons. The van der Waals surface area contributed by atoms with Crippen LogP contribution in [-0.4, -0.2) is 46.4 Å². The van der Waals surface area contributed by atoms with E-state index in [4.69, 9.17) is 4.74 Å². The first-order valence-corrected chi connectivity index (χ1v) is 8.15. The van der Waals surface area contributed by atoms with Crippen molar-refractivity contribution in [1.29, 1.82) is 0 Å². The van der Waals surface area contributed by atoms with E-state index in [9.17, 15) is 0 Å². The first-order valence-electron chi connectivity index (χ1n) is 6.62. The molecule has 1 aromatic carbocycles. The Labute approximate surface area is 118 Å². The van der Waals surface area contributed by atoms with Gasteiger partial charge in [0.1, 0.15) is 0 Å². The van der Waals surface area contributed by atoms with Gasteiger partial charge in [0.2, 0.25) is 0 Å². The Hall–Kier alpha value is -0.941. The molecule has 0 aliphatic carbocycles. The van der Waals surface area contributed by atoms with Crippen molar-refractivity contribution in [3.05, 3.63) is 18.2 Å². The van der Waals surface area contributed by atoms with Gasteiger partial charge in [0.15, 0.2) is 0 Å². The molecule has 5 nitrogen and oxygen atoms in total. The van der Waals surface area contributed by atoms with Gasteiger partial charge in [0.05, 0.1) is 0 Å². The first-order chi connectivity index (χ1) is 9.33. The molecule has 1 saturated heterocycles. The van der Waals surface area contributed by atoms with Crippen molar-refractivity contribution in [2.75, 3.05) is 25.1 Å². The van der Waals surface area contributed by atoms with Crippen LogP contribution in [0.25, 0.3) is 0 Å². The molecule has 0 bridgehead atoms. The Balaban J connectivity index is 1.62. The second-order valence-electron chi connectivity index (χ2n) is 4.94. The minimum absolute atomic E-state index is 0.0299. The van der Waals surface area contributed by atoms with Crippen molar-refractivity contribution in [3.63, 3.8) is 0 Å². The first kappa shape index (κ1) is 13.1. The van der Waals surface area contributed by atoms with E-state index < -0.39 is 0 Å². The molecule has 2 N–H and O–H groups in total. The summed E-state index contributed by atoms with van der Waals surface area (Å²) < 4.78 is 14.4. The standard InChI is InChI=1S/C13H18N4OSe/c1-9(7-10-8-18-6-5-14-10)15-11-3-2-4-12-13(11)17-19-16-12/h2-4,9-10,14-15H,5-8H2,1H3. The molecule has 2 aliphatic heterocycles. The Morgan fingerprint density at radius 1 is 1.53 bits per heavy atom. The number of nitrogens with one attached hydrogen (secondary N) is 2. The number of rotatable bonds is 4. The van der Waals surface area contributed by atoms with Crippen LogP contribution in [-0.2, 0) is 4.74 Å². The third kappa shape index (κ3) is 3.15. The Bertz CT molecular complexity index is 521. The normalized spacial score (nSPS) is 22.7. The van der Waals surface area contributed by atoms with E-state index in [1.807, 2.05) is 12.1 Å². The van der Waals surface area contributed by atoms with Gasteiger partial charge < -0.3 is 0 Å². The molecule has 19 heavy (non-hydrogen) atoms. The van der Waals surface area contributed by atoms with E-state index in [2.05, 4.69) is 31.5 Å². The number of morpholine rings is 1. The molecule has 0 saturated carbocycles. The van der Waals surface area contributed by atoms with Gasteiger partial charge in [-0.05, 0) is 0 Å². The number of hydrogen-bond acceptors (Lipinski definition) is 5. The molecule has 0 radical (unpaired) electrons. The zero-order valence-electron chi connectivity index (χ0n) is 10.9. The van der Waals surface area contributed by atoms with Crippen LogP contribution in [0.1, 0.15) is 13.3 Å². The van der Waals surface area contributed by atoms with Crippen LogP contribution in [0.4, 0.5) is 17.1 Å². The van der Waals surface area contributed by atoms with Crippen LogP contribution >= 0.6 is 0 Å². The van der Waals surface area contributed by atoms with Crippen LogP contribution < -0.4 is 10.6 Å². The van der Waals surface area contributed by atoms with E-state index in [1.165, 1.54) is 0 Å². The average Bonchev–Trinajstić information content (AvgIpc) is 2.89. The number of nitrogens with zero attached hydrogens (tertiary/aromatic N) is 2. The molecule has 1 fully saturated rings. The quantitative estimate of drug-likeness (QED) is 0.848. The number of fused-ring (bicyclic) bond motifs is 1. The second-order valence-corrected chi connectivity index (χ2v) is 6.05. The van der Waals surface area contributed by atoms with Crippen LogP contribution in [0.3, 0.4) is 0 Å². The fourth-order valence-electron chi connectivity index (χ4n) is 2.44. The molecule has 2 atom stereocenters. The second kappa shape index (κ2) is 6.01. The molecule has 0 amide bonds. The van der Waals surface area contributed by atoms with Gasteiger partial charge in [-0.25, -0.2) is 0 Å². The minimum atomic E-state index is 0.0299. The van der Waals surface area contributed by atoms with Gasteiger partial charge >= 0.3 is 118 Å². The molecular formula is C13H18N4OSe. The van der Waals surface area contributed by atoms with Crippen molar-refractivity contribution in [1.82, 2.24) is 5.32 Å². The molecule has 6 heteroatoms. The van der Waals surface area contributed by atoms with E-state index >= 15 is 0 Å². The van der Waals surface area contributed by atoms with E-state index in [1.54, 1.807) is 0 Å². The molecule has 0 aromatic heterocycles. The van der Waals surface area contributed by atoms with Gasteiger partial charge in [0.25, 0.3) is 0 Å². The van der Waals surface area contributed by atoms with Crippen LogP contribution in [0.5, 0.6) is 0 Å². The summed E-state index contributed by atoms with van der Waals surface area (Å²) in [7, 11) is 0. The summed E-state index contributed by atoms with van der Waals surface area (Å²) in [6, 6.07) is 6.98. The van der Waals surface area contributed by atoms with E-state index in [-0.39, 0.29) is 14.6 Å². The zero-order chi connectivity index (χ0) is 13.1. The molecule has 2 unspecified atom stereocenters. The Kier molecular flexibility index (Phi) is 4.13. The topological polar surface area (TPSA) is 58.0 Å². The summed E-state index contributed by atoms with van der Waals surface area (Å²) in [5.41, 5.74) is 3.16. The predicted octanol–water partition coefficient (Wildman–Crippen LogP) is 2.21. The summed E-state index contributed by atoms with van der Waals surface area (Å²) in [4.78, 5) is 0. The predicted molar refractivity (Wildman–Crippen MR) is 76.7 cm³/mol. The molecule has 2 aliphatic rings. The van der Waals surface area contributed by atoms with Crippen molar-refractivity contribution in [3.8, 4) is 0 Å². The summed E-state index contributed by atoms with van der Waals surface area (Å²) in [6.07, 6.45) is 1.05. The maximum absolute atomic E-state index is 5.49. The van der Waals surface area contributed by atoms with Crippen molar-refractivity contribution in [2.24, 2.45) is 7.92 Å². The Morgan fingerprint density at radius 3 is 3.32 bits per heavy atom. The van der Waals surface area contributed by atoms with Gasteiger partial charge in [-0.15, -0.1) is 0 Å². The Morgan fingerprint density at radius 2 is 2.47 bits per heavy atom. The zero-order valence-corrected chi connectivity index (χ0v) is 12.6. The third-order valence-corrected chi connectivity index (χ3v) is 4.46. The molecule has 0 spiro atoms. The molecular weight excluding hydrogens is 307 g/mol. The number of hydrogen-bond donors (Lipinski definition) is 2. The van der Waals surface area contributed by atoms with Crippen molar-refractivity contribution >= 4 is 31.6 Å². The fourth-order valence-corrected chi connectivity index (χ4v) is 3.60. The van der Waals surface area contributed by atoms with Crippen LogP contribution in [0.15, 0.2) is 26.1 Å². The van der Waals surface area contributed by atoms with Crippen molar-refractivity contribution in [2.45, 2.75) is 25.4 Å². The summed E-state index contributed by atoms with van der Waals surface area (Å²) >= 11 is 0.0299. The average molecular weight is 325 g/mol. The monoisotopic (exact) mass is 326 g/mol. The summed E-state index contributed by atoms with van der Waals surface area (Å²) in [5, 5.41) is 7.03. The fraction of sp³-hybridized carbons (Fsp3) is 0.538. The van der Waals surface area contributed by atoms with Crippen LogP contribution in [0.2, 0.25) is 0 Å². The molecule has 1 aromatic rings. The van der Waals surface area contributed by atoms with Crippen molar-refractivity contribution < 1.29 is 4.74 Å². The van der Waals surface area contributed by atoms with Gasteiger partial charge in [0, 0.05) is 0 Å². The number of ether oxygens (including phenoxy) is 1. The number of benzene rings is 1. The maximum atomic E-state index is 5.49. The van der Waals surface area contributed by atoms with Gasteiger partial charge in [-0.3, -0.25) is 0 Å². The van der Waals surface area contributed by atoms with Crippen LogP contribution in [0, 0.1) is 0 Å². The SMILES string of the molecule is CC(CC1COCCN1)Nc1cccc2c1N=[Se]=N2. The van der Waals surface area contributed by atoms with E-state index in [0.717, 1.165) is 43.2 Å². The van der Waals surface area contributed by atoms with E-state index in [0.29, 0.717) is 12.1 Å². The van der Waals surface area contributed by atoms with Gasteiger partial charge in [-0.1, -0.05) is 0 Å². The van der Waals surface area contributed by atoms with Gasteiger partial charge in [-0.2, -0.15) is 0 Å². The third-order valence-electron chi connectivity index (χ3n) is 3.32. The molecule has 3 rings (SSSR count). The summed E-state index contributed by atoms with van der Waals surface area (Å²) in [6.45, 7) is 4.79. The summed E-state index contributed by atoms with van der Waals surface area (Å²) in [5.74, 6) is 0. The number of anilines is 1. The molecule has 2 heterocycles.